The van der Waals surface area contributed by atoms with E-state index in [-0.39, 0.29) is 17.7 Å². The second-order valence-corrected chi connectivity index (χ2v) is 8.33. The number of hydrogen-bond donors (Lipinski definition) is 1. The highest BCUT2D eigenvalue weighted by Gasteiger charge is 2.28. The Kier molecular flexibility index (Phi) is 5.90. The van der Waals surface area contributed by atoms with Crippen molar-refractivity contribution in [3.8, 4) is 0 Å². The lowest BCUT2D eigenvalue weighted by Crippen LogP contribution is -2.12. The van der Waals surface area contributed by atoms with Gasteiger partial charge in [-0.1, -0.05) is 48.8 Å². The fourth-order valence-electron chi connectivity index (χ4n) is 3.05. The number of aryl methyl sites for hydroxylation is 1. The molecule has 0 aliphatic carbocycles. The van der Waals surface area contributed by atoms with Crippen molar-refractivity contribution < 1.29 is 4.39 Å². The second-order valence-electron chi connectivity index (χ2n) is 6.38. The van der Waals surface area contributed by atoms with E-state index >= 15 is 0 Å². The molecule has 136 valence electrons. The summed E-state index contributed by atoms with van der Waals surface area (Å²) >= 11 is 13.7. The van der Waals surface area contributed by atoms with E-state index < -0.39 is 0 Å². The van der Waals surface area contributed by atoms with Crippen LogP contribution in [0.3, 0.4) is 0 Å². The lowest BCUT2D eigenvalue weighted by atomic mass is 9.83. The van der Waals surface area contributed by atoms with E-state index in [2.05, 4.69) is 29.0 Å². The molecule has 2 aromatic heterocycles. The molecular weight excluding hydrogens is 392 g/mol. The molecule has 0 aliphatic heterocycles. The normalized spacial score (nSPS) is 12.6. The van der Waals surface area contributed by atoms with Gasteiger partial charge in [-0.2, -0.15) is 5.10 Å². The molecule has 0 radical (unpaired) electrons. The van der Waals surface area contributed by atoms with Crippen molar-refractivity contribution in [2.24, 2.45) is 5.92 Å². The molecule has 3 rings (SSSR count). The third-order valence-corrected chi connectivity index (χ3v) is 5.56. The quantitative estimate of drug-likeness (QED) is 0.522. The van der Waals surface area contributed by atoms with Crippen LogP contribution in [-0.2, 0) is 0 Å². The maximum atomic E-state index is 14.5. The van der Waals surface area contributed by atoms with E-state index in [0.717, 1.165) is 21.2 Å². The zero-order chi connectivity index (χ0) is 18.8. The van der Waals surface area contributed by atoms with Crippen LogP contribution in [0.2, 0.25) is 10.0 Å². The van der Waals surface area contributed by atoms with Gasteiger partial charge in [0.1, 0.15) is 5.82 Å². The molecule has 1 unspecified atom stereocenters. The number of rotatable bonds is 5. The molecule has 1 aromatic carbocycles. The fourth-order valence-corrected chi connectivity index (χ4v) is 4.79. The number of nitrogens with one attached hydrogen (secondary N) is 1. The highest BCUT2D eigenvalue weighted by Crippen LogP contribution is 2.42. The molecule has 1 atom stereocenters. The summed E-state index contributed by atoms with van der Waals surface area (Å²) in [6, 6.07) is 7.11. The lowest BCUT2D eigenvalue weighted by molar-refractivity contribution is 0.515. The van der Waals surface area contributed by atoms with Crippen LogP contribution < -0.4 is 0 Å². The van der Waals surface area contributed by atoms with Gasteiger partial charge < -0.3 is 0 Å². The molecule has 26 heavy (non-hydrogen) atoms. The van der Waals surface area contributed by atoms with Crippen molar-refractivity contribution in [1.29, 1.82) is 0 Å². The average Bonchev–Trinajstić information content (AvgIpc) is 2.89. The summed E-state index contributed by atoms with van der Waals surface area (Å²) in [6.45, 7) is 6.07. The first-order valence-electron chi connectivity index (χ1n) is 8.15. The van der Waals surface area contributed by atoms with Crippen LogP contribution in [-0.4, -0.2) is 15.2 Å². The molecule has 7 heteroatoms. The molecule has 0 aliphatic rings. The third kappa shape index (κ3) is 4.05. The van der Waals surface area contributed by atoms with Crippen molar-refractivity contribution in [3.05, 3.63) is 69.3 Å². The molecular formula is C19H18Cl2FN3S. The average molecular weight is 410 g/mol. The van der Waals surface area contributed by atoms with E-state index in [4.69, 9.17) is 23.2 Å². The van der Waals surface area contributed by atoms with Gasteiger partial charge in [0.25, 0.3) is 0 Å². The van der Waals surface area contributed by atoms with Gasteiger partial charge in [0, 0.05) is 32.6 Å². The zero-order valence-corrected chi connectivity index (χ0v) is 16.9. The number of benzene rings is 1. The summed E-state index contributed by atoms with van der Waals surface area (Å²) in [5, 5.41) is 9.43. The van der Waals surface area contributed by atoms with Gasteiger partial charge in [-0.25, -0.2) is 4.39 Å². The first-order chi connectivity index (χ1) is 12.4. The molecule has 2 heterocycles. The lowest BCUT2D eigenvalue weighted by Gasteiger charge is -2.23. The van der Waals surface area contributed by atoms with Crippen molar-refractivity contribution in [1.82, 2.24) is 15.2 Å². The Bertz CT molecular complexity index is 907. The van der Waals surface area contributed by atoms with Crippen LogP contribution in [0, 0.1) is 18.7 Å². The standard InChI is InChI=1S/C19H18Cl2FN3S/c1-10(2)17(15-4-5-23-9-16(15)22)18-11(3)24-25-19(18)26-14-7-12(20)6-13(21)8-14/h4-10,17H,1-3H3,(H,24,25). The number of aromatic nitrogens is 3. The van der Waals surface area contributed by atoms with Crippen molar-refractivity contribution in [3.63, 3.8) is 0 Å². The predicted molar refractivity (Wildman–Crippen MR) is 105 cm³/mol. The Hall–Kier alpha value is -1.56. The van der Waals surface area contributed by atoms with Crippen LogP contribution in [0.1, 0.15) is 36.6 Å². The SMILES string of the molecule is Cc1n[nH]c(Sc2cc(Cl)cc(Cl)c2)c1C(c1ccncc1F)C(C)C. The van der Waals surface area contributed by atoms with Crippen molar-refractivity contribution in [2.45, 2.75) is 36.6 Å². The van der Waals surface area contributed by atoms with E-state index in [0.29, 0.717) is 15.6 Å². The van der Waals surface area contributed by atoms with Gasteiger partial charge in [0.05, 0.1) is 16.9 Å². The topological polar surface area (TPSA) is 41.6 Å². The van der Waals surface area contributed by atoms with Crippen molar-refractivity contribution >= 4 is 35.0 Å². The van der Waals surface area contributed by atoms with Gasteiger partial charge in [0.15, 0.2) is 0 Å². The van der Waals surface area contributed by atoms with Gasteiger partial charge >= 0.3 is 0 Å². The molecule has 0 fully saturated rings. The second kappa shape index (κ2) is 7.99. The molecule has 1 N–H and O–H groups in total. The fraction of sp³-hybridized carbons (Fsp3) is 0.263. The Balaban J connectivity index is 2.07. The van der Waals surface area contributed by atoms with E-state index in [1.165, 1.54) is 18.0 Å². The van der Waals surface area contributed by atoms with E-state index in [1.54, 1.807) is 18.3 Å². The molecule has 3 nitrogen and oxygen atoms in total. The van der Waals surface area contributed by atoms with Gasteiger partial charge in [-0.15, -0.1) is 0 Å². The first-order valence-corrected chi connectivity index (χ1v) is 9.72. The molecule has 3 aromatic rings. The highest BCUT2D eigenvalue weighted by molar-refractivity contribution is 7.99. The molecule has 0 bridgehead atoms. The molecule has 0 spiro atoms. The Morgan fingerprint density at radius 3 is 2.46 bits per heavy atom. The first kappa shape index (κ1) is 19.2. The Morgan fingerprint density at radius 1 is 1.15 bits per heavy atom. The minimum Gasteiger partial charge on any atom is -0.271 e. The van der Waals surface area contributed by atoms with Gasteiger partial charge in [-0.3, -0.25) is 10.1 Å². The number of hydrogen-bond acceptors (Lipinski definition) is 3. The largest absolute Gasteiger partial charge is 0.271 e. The minimum atomic E-state index is -0.312. The van der Waals surface area contributed by atoms with Gasteiger partial charge in [-0.05, 0) is 42.7 Å². The zero-order valence-electron chi connectivity index (χ0n) is 14.6. The summed E-state index contributed by atoms with van der Waals surface area (Å²) in [5.74, 6) is -0.284. The van der Waals surface area contributed by atoms with Crippen molar-refractivity contribution in [2.75, 3.05) is 0 Å². The van der Waals surface area contributed by atoms with Crippen LogP contribution >= 0.6 is 35.0 Å². The van der Waals surface area contributed by atoms with Gasteiger partial charge in [0.2, 0.25) is 0 Å². The number of pyridine rings is 1. The molecule has 0 saturated heterocycles. The number of aromatic amines is 1. The number of nitrogens with zero attached hydrogens (tertiary/aromatic N) is 2. The summed E-state index contributed by atoms with van der Waals surface area (Å²) < 4.78 is 14.5. The Labute approximate surface area is 166 Å². The summed E-state index contributed by atoms with van der Waals surface area (Å²) in [7, 11) is 0. The Morgan fingerprint density at radius 2 is 1.85 bits per heavy atom. The maximum Gasteiger partial charge on any atom is 0.145 e. The van der Waals surface area contributed by atoms with Crippen LogP contribution in [0.5, 0.6) is 0 Å². The minimum absolute atomic E-state index is 0.145. The van der Waals surface area contributed by atoms with E-state index in [9.17, 15) is 4.39 Å². The molecule has 0 amide bonds. The predicted octanol–water partition coefficient (Wildman–Crippen LogP) is 6.50. The smallest absolute Gasteiger partial charge is 0.145 e. The van der Waals surface area contributed by atoms with Crippen LogP contribution in [0.25, 0.3) is 0 Å². The van der Waals surface area contributed by atoms with E-state index in [1.807, 2.05) is 19.1 Å². The summed E-state index contributed by atoms with van der Waals surface area (Å²) in [5.41, 5.74) is 2.44. The summed E-state index contributed by atoms with van der Waals surface area (Å²) in [6.07, 6.45) is 2.87. The number of halogens is 3. The summed E-state index contributed by atoms with van der Waals surface area (Å²) in [4.78, 5) is 4.76. The number of H-pyrrole nitrogens is 1. The molecule has 0 saturated carbocycles. The third-order valence-electron chi connectivity index (χ3n) is 4.13. The maximum absolute atomic E-state index is 14.5. The van der Waals surface area contributed by atoms with Crippen LogP contribution in [0.15, 0.2) is 46.6 Å². The monoisotopic (exact) mass is 409 g/mol. The van der Waals surface area contributed by atoms with Crippen LogP contribution in [0.4, 0.5) is 4.39 Å². The highest BCUT2D eigenvalue weighted by atomic mass is 35.5.